The first-order valence-corrected chi connectivity index (χ1v) is 7.96. The Balaban J connectivity index is 1.80. The third-order valence-electron chi connectivity index (χ3n) is 3.77. The Labute approximate surface area is 127 Å². The summed E-state index contributed by atoms with van der Waals surface area (Å²) in [5.74, 6) is 0. The van der Waals surface area contributed by atoms with E-state index in [1.807, 2.05) is 12.1 Å². The molecule has 2 rings (SSSR count). The molecule has 1 aromatic rings. The lowest BCUT2D eigenvalue weighted by atomic mass is 10.0. The molecule has 1 aliphatic rings. The summed E-state index contributed by atoms with van der Waals surface area (Å²) in [5.41, 5.74) is 1.33. The lowest BCUT2D eigenvalue weighted by Crippen LogP contribution is -2.40. The molecule has 0 amide bonds. The van der Waals surface area contributed by atoms with Crippen LogP contribution >= 0.6 is 11.6 Å². The molecule has 112 valence electrons. The highest BCUT2D eigenvalue weighted by Crippen LogP contribution is 2.20. The molecule has 0 bridgehead atoms. The first-order chi connectivity index (χ1) is 9.79. The molecule has 1 N–H and O–H groups in total. The van der Waals surface area contributed by atoms with Crippen LogP contribution in [0.25, 0.3) is 0 Å². The Hall–Kier alpha value is -0.610. The maximum absolute atomic E-state index is 5.96. The van der Waals surface area contributed by atoms with Gasteiger partial charge in [-0.2, -0.15) is 0 Å². The van der Waals surface area contributed by atoms with E-state index in [2.05, 4.69) is 29.3 Å². The molecule has 3 nitrogen and oxygen atoms in total. The second-order valence-electron chi connectivity index (χ2n) is 5.30. The molecule has 1 aromatic carbocycles. The van der Waals surface area contributed by atoms with E-state index in [9.17, 15) is 0 Å². The minimum atomic E-state index is 0.429. The van der Waals surface area contributed by atoms with Crippen LogP contribution in [0.5, 0.6) is 0 Å². The number of morpholine rings is 1. The number of rotatable bonds is 7. The quantitative estimate of drug-likeness (QED) is 0.837. The minimum absolute atomic E-state index is 0.429. The molecule has 20 heavy (non-hydrogen) atoms. The predicted octanol–water partition coefficient (Wildman–Crippen LogP) is 3.10. The summed E-state index contributed by atoms with van der Waals surface area (Å²) in [5, 5.41) is 4.48. The van der Waals surface area contributed by atoms with Gasteiger partial charge in [-0.05, 0) is 24.1 Å². The molecule has 1 fully saturated rings. The summed E-state index contributed by atoms with van der Waals surface area (Å²) < 4.78 is 5.37. The smallest absolute Gasteiger partial charge is 0.0594 e. The van der Waals surface area contributed by atoms with Gasteiger partial charge in [0.1, 0.15) is 0 Å². The molecule has 1 heterocycles. The van der Waals surface area contributed by atoms with Crippen LogP contribution in [0.15, 0.2) is 24.3 Å². The lowest BCUT2D eigenvalue weighted by molar-refractivity contribution is 0.0381. The third-order valence-corrected chi connectivity index (χ3v) is 4.02. The lowest BCUT2D eigenvalue weighted by Gasteiger charge is -2.27. The second kappa shape index (κ2) is 8.63. The summed E-state index contributed by atoms with van der Waals surface area (Å²) in [4.78, 5) is 2.46. The van der Waals surface area contributed by atoms with Gasteiger partial charge in [0, 0.05) is 37.2 Å². The van der Waals surface area contributed by atoms with Crippen molar-refractivity contribution in [1.82, 2.24) is 10.2 Å². The van der Waals surface area contributed by atoms with Gasteiger partial charge in [0.05, 0.1) is 13.2 Å². The number of halogens is 1. The van der Waals surface area contributed by atoms with Crippen molar-refractivity contribution in [2.45, 2.75) is 25.8 Å². The van der Waals surface area contributed by atoms with E-state index >= 15 is 0 Å². The first kappa shape index (κ1) is 15.8. The SMILES string of the molecule is CCCC(NCCN1CCOCC1)c1ccc(Cl)cc1. The molecule has 0 aromatic heterocycles. The van der Waals surface area contributed by atoms with Crippen molar-refractivity contribution in [2.24, 2.45) is 0 Å². The van der Waals surface area contributed by atoms with E-state index in [1.165, 1.54) is 12.0 Å². The maximum Gasteiger partial charge on any atom is 0.0594 e. The Kier molecular flexibility index (Phi) is 6.80. The molecular formula is C16H25ClN2O. The van der Waals surface area contributed by atoms with Gasteiger partial charge in [-0.15, -0.1) is 0 Å². The summed E-state index contributed by atoms with van der Waals surface area (Å²) in [6, 6.07) is 8.64. The number of ether oxygens (including phenoxy) is 1. The zero-order valence-electron chi connectivity index (χ0n) is 12.3. The molecular weight excluding hydrogens is 272 g/mol. The Bertz CT molecular complexity index is 377. The van der Waals surface area contributed by atoms with Crippen molar-refractivity contribution in [3.05, 3.63) is 34.9 Å². The Morgan fingerprint density at radius 2 is 1.95 bits per heavy atom. The normalized spacial score (nSPS) is 18.1. The van der Waals surface area contributed by atoms with Gasteiger partial charge >= 0.3 is 0 Å². The van der Waals surface area contributed by atoms with Gasteiger partial charge in [-0.1, -0.05) is 37.1 Å². The van der Waals surface area contributed by atoms with E-state index < -0.39 is 0 Å². The molecule has 1 saturated heterocycles. The van der Waals surface area contributed by atoms with E-state index in [0.717, 1.165) is 50.8 Å². The van der Waals surface area contributed by atoms with Crippen LogP contribution < -0.4 is 5.32 Å². The molecule has 0 aliphatic carbocycles. The van der Waals surface area contributed by atoms with Gasteiger partial charge in [0.25, 0.3) is 0 Å². The number of nitrogens with one attached hydrogen (secondary N) is 1. The summed E-state index contributed by atoms with van der Waals surface area (Å²) in [6.45, 7) is 8.20. The van der Waals surface area contributed by atoms with E-state index in [1.54, 1.807) is 0 Å². The summed E-state index contributed by atoms with van der Waals surface area (Å²) >= 11 is 5.96. The average molecular weight is 297 g/mol. The van der Waals surface area contributed by atoms with Crippen LogP contribution in [-0.2, 0) is 4.74 Å². The van der Waals surface area contributed by atoms with Crippen LogP contribution in [0.3, 0.4) is 0 Å². The monoisotopic (exact) mass is 296 g/mol. The third kappa shape index (κ3) is 5.06. The number of hydrogen-bond acceptors (Lipinski definition) is 3. The topological polar surface area (TPSA) is 24.5 Å². The van der Waals surface area contributed by atoms with Crippen LogP contribution in [0, 0.1) is 0 Å². The fourth-order valence-corrected chi connectivity index (χ4v) is 2.72. The zero-order valence-corrected chi connectivity index (χ0v) is 13.0. The van der Waals surface area contributed by atoms with Gasteiger partial charge < -0.3 is 10.1 Å². The van der Waals surface area contributed by atoms with Crippen LogP contribution in [0.4, 0.5) is 0 Å². The van der Waals surface area contributed by atoms with Crippen molar-refractivity contribution in [1.29, 1.82) is 0 Å². The Morgan fingerprint density at radius 3 is 2.60 bits per heavy atom. The zero-order chi connectivity index (χ0) is 14.2. The van der Waals surface area contributed by atoms with Crippen molar-refractivity contribution >= 4 is 11.6 Å². The number of nitrogens with zero attached hydrogens (tertiary/aromatic N) is 1. The number of benzene rings is 1. The van der Waals surface area contributed by atoms with Crippen LogP contribution in [0.2, 0.25) is 5.02 Å². The van der Waals surface area contributed by atoms with Gasteiger partial charge in [-0.25, -0.2) is 0 Å². The largest absolute Gasteiger partial charge is 0.379 e. The standard InChI is InChI=1S/C16H25ClN2O/c1-2-3-16(14-4-6-15(17)7-5-14)18-8-9-19-10-12-20-13-11-19/h4-7,16,18H,2-3,8-13H2,1H3. The van der Waals surface area contributed by atoms with Crippen molar-refractivity contribution in [3.63, 3.8) is 0 Å². The maximum atomic E-state index is 5.96. The molecule has 1 atom stereocenters. The molecule has 0 radical (unpaired) electrons. The van der Waals surface area contributed by atoms with E-state index in [-0.39, 0.29) is 0 Å². The van der Waals surface area contributed by atoms with Crippen molar-refractivity contribution in [3.8, 4) is 0 Å². The van der Waals surface area contributed by atoms with Gasteiger partial charge in [0.2, 0.25) is 0 Å². The summed E-state index contributed by atoms with van der Waals surface area (Å²) in [6.07, 6.45) is 2.34. The number of hydrogen-bond donors (Lipinski definition) is 1. The highest BCUT2D eigenvalue weighted by atomic mass is 35.5. The van der Waals surface area contributed by atoms with E-state index in [0.29, 0.717) is 6.04 Å². The summed E-state index contributed by atoms with van der Waals surface area (Å²) in [7, 11) is 0. The molecule has 0 spiro atoms. The van der Waals surface area contributed by atoms with Crippen molar-refractivity contribution in [2.75, 3.05) is 39.4 Å². The Morgan fingerprint density at radius 1 is 1.25 bits per heavy atom. The first-order valence-electron chi connectivity index (χ1n) is 7.58. The fourth-order valence-electron chi connectivity index (χ4n) is 2.59. The van der Waals surface area contributed by atoms with Crippen molar-refractivity contribution < 1.29 is 4.74 Å². The van der Waals surface area contributed by atoms with Crippen LogP contribution in [0.1, 0.15) is 31.4 Å². The second-order valence-corrected chi connectivity index (χ2v) is 5.74. The highest BCUT2D eigenvalue weighted by Gasteiger charge is 2.12. The average Bonchev–Trinajstić information content (AvgIpc) is 2.48. The fraction of sp³-hybridized carbons (Fsp3) is 0.625. The molecule has 4 heteroatoms. The van der Waals surface area contributed by atoms with Crippen LogP contribution in [-0.4, -0.2) is 44.3 Å². The van der Waals surface area contributed by atoms with E-state index in [4.69, 9.17) is 16.3 Å². The van der Waals surface area contributed by atoms with Gasteiger partial charge in [0.15, 0.2) is 0 Å². The molecule has 1 unspecified atom stereocenters. The predicted molar refractivity (Wildman–Crippen MR) is 84.4 cm³/mol. The minimum Gasteiger partial charge on any atom is -0.379 e. The molecule has 0 saturated carbocycles. The van der Waals surface area contributed by atoms with Gasteiger partial charge in [-0.3, -0.25) is 4.90 Å². The highest BCUT2D eigenvalue weighted by molar-refractivity contribution is 6.30. The molecule has 1 aliphatic heterocycles.